The van der Waals surface area contributed by atoms with Gasteiger partial charge in [-0.15, -0.1) is 0 Å². The number of hydrogen-bond donors (Lipinski definition) is 3. The van der Waals surface area contributed by atoms with Gasteiger partial charge in [-0.3, -0.25) is 4.79 Å². The molecule has 7 heteroatoms. The first-order chi connectivity index (χ1) is 10.6. The molecule has 0 fully saturated rings. The van der Waals surface area contributed by atoms with Gasteiger partial charge in [0.15, 0.2) is 11.5 Å². The van der Waals surface area contributed by atoms with Gasteiger partial charge in [0.25, 0.3) is 0 Å². The second-order valence-corrected chi connectivity index (χ2v) is 5.02. The Morgan fingerprint density at radius 1 is 1.27 bits per heavy atom. The zero-order valence-corrected chi connectivity index (χ0v) is 12.4. The van der Waals surface area contributed by atoms with Crippen molar-refractivity contribution in [2.45, 2.75) is 25.8 Å². The number of hydrogen-bond acceptors (Lipinski definition) is 4. The van der Waals surface area contributed by atoms with E-state index < -0.39 is 5.97 Å². The van der Waals surface area contributed by atoms with Crippen LogP contribution in [0.2, 0.25) is 0 Å². The third kappa shape index (κ3) is 4.54. The highest BCUT2D eigenvalue weighted by Crippen LogP contribution is 2.32. The van der Waals surface area contributed by atoms with Crippen LogP contribution in [-0.2, 0) is 4.79 Å². The van der Waals surface area contributed by atoms with E-state index in [-0.39, 0.29) is 18.5 Å². The second-order valence-electron chi connectivity index (χ2n) is 5.02. The zero-order valence-electron chi connectivity index (χ0n) is 12.4. The lowest BCUT2D eigenvalue weighted by Gasteiger charge is -2.21. The first-order valence-electron chi connectivity index (χ1n) is 7.22. The number of fused-ring (bicyclic) bond motifs is 1. The average Bonchev–Trinajstić information content (AvgIpc) is 2.51. The van der Waals surface area contributed by atoms with Gasteiger partial charge < -0.3 is 25.2 Å². The Morgan fingerprint density at radius 3 is 2.73 bits per heavy atom. The van der Waals surface area contributed by atoms with Gasteiger partial charge in [-0.05, 0) is 31.0 Å². The summed E-state index contributed by atoms with van der Waals surface area (Å²) in [5.74, 6) is 0.520. The molecule has 22 heavy (non-hydrogen) atoms. The van der Waals surface area contributed by atoms with Crippen molar-refractivity contribution in [3.05, 3.63) is 23.8 Å². The molecule has 1 heterocycles. The number of benzene rings is 1. The van der Waals surface area contributed by atoms with Crippen LogP contribution < -0.4 is 20.1 Å². The number of amides is 2. The highest BCUT2D eigenvalue weighted by atomic mass is 16.6. The van der Waals surface area contributed by atoms with Gasteiger partial charge in [0.05, 0.1) is 6.04 Å². The Bertz CT molecular complexity index is 547. The van der Waals surface area contributed by atoms with Crippen LogP contribution in [0.4, 0.5) is 4.79 Å². The molecule has 3 N–H and O–H groups in total. The van der Waals surface area contributed by atoms with E-state index in [9.17, 15) is 9.59 Å². The van der Waals surface area contributed by atoms with E-state index >= 15 is 0 Å². The number of nitrogens with one attached hydrogen (secondary N) is 2. The van der Waals surface area contributed by atoms with E-state index in [2.05, 4.69) is 10.6 Å². The predicted molar refractivity (Wildman–Crippen MR) is 79.3 cm³/mol. The maximum absolute atomic E-state index is 11.7. The molecule has 0 aliphatic carbocycles. The van der Waals surface area contributed by atoms with E-state index in [1.807, 2.05) is 25.1 Å². The van der Waals surface area contributed by atoms with Gasteiger partial charge >= 0.3 is 12.0 Å². The minimum Gasteiger partial charge on any atom is -0.486 e. The fraction of sp³-hybridized carbons (Fsp3) is 0.467. The monoisotopic (exact) mass is 308 g/mol. The largest absolute Gasteiger partial charge is 0.486 e. The summed E-state index contributed by atoms with van der Waals surface area (Å²) in [6.07, 6.45) is 0.444. The number of carboxylic acids is 1. The van der Waals surface area contributed by atoms with Gasteiger partial charge in [-0.1, -0.05) is 6.07 Å². The summed E-state index contributed by atoms with van der Waals surface area (Å²) >= 11 is 0. The standard InChI is InChI=1S/C15H20N2O5/c1-10(17-15(20)16-6-2-3-14(18)19)11-4-5-12-13(9-11)22-8-7-21-12/h4-5,9-10H,2-3,6-8H2,1H3,(H,18,19)(H2,16,17,20). The van der Waals surface area contributed by atoms with Crippen molar-refractivity contribution >= 4 is 12.0 Å². The minimum atomic E-state index is -0.869. The Hall–Kier alpha value is -2.44. The molecule has 2 amide bonds. The second kappa shape index (κ2) is 7.53. The molecule has 0 saturated heterocycles. The number of carbonyl (C=O) groups is 2. The maximum Gasteiger partial charge on any atom is 0.315 e. The van der Waals surface area contributed by atoms with Crippen LogP contribution in [0.1, 0.15) is 31.4 Å². The fourth-order valence-corrected chi connectivity index (χ4v) is 2.10. The topological polar surface area (TPSA) is 96.9 Å². The lowest BCUT2D eigenvalue weighted by atomic mass is 10.1. The molecule has 1 aromatic carbocycles. The normalized spacial score (nSPS) is 14.0. The first-order valence-corrected chi connectivity index (χ1v) is 7.22. The molecule has 2 rings (SSSR count). The zero-order chi connectivity index (χ0) is 15.9. The van der Waals surface area contributed by atoms with Gasteiger partial charge in [0, 0.05) is 13.0 Å². The van der Waals surface area contributed by atoms with Crippen LogP contribution in [0.25, 0.3) is 0 Å². The van der Waals surface area contributed by atoms with Gasteiger partial charge in [-0.25, -0.2) is 4.79 Å². The number of carbonyl (C=O) groups excluding carboxylic acids is 1. The van der Waals surface area contributed by atoms with Crippen molar-refractivity contribution in [1.29, 1.82) is 0 Å². The van der Waals surface area contributed by atoms with E-state index in [1.165, 1.54) is 0 Å². The molecule has 0 bridgehead atoms. The molecule has 0 radical (unpaired) electrons. The first kappa shape index (κ1) is 15.9. The summed E-state index contributed by atoms with van der Waals surface area (Å²) in [7, 11) is 0. The summed E-state index contributed by atoms with van der Waals surface area (Å²) < 4.78 is 11.0. The molecule has 0 saturated carbocycles. The van der Waals surface area contributed by atoms with E-state index in [4.69, 9.17) is 14.6 Å². The summed E-state index contributed by atoms with van der Waals surface area (Å²) in [6, 6.07) is 5.03. The summed E-state index contributed by atoms with van der Waals surface area (Å²) in [4.78, 5) is 22.1. The summed E-state index contributed by atoms with van der Waals surface area (Å²) in [5, 5.41) is 13.9. The van der Waals surface area contributed by atoms with Gasteiger partial charge in [0.1, 0.15) is 13.2 Å². The number of urea groups is 1. The van der Waals surface area contributed by atoms with E-state index in [1.54, 1.807) is 0 Å². The SMILES string of the molecule is CC(NC(=O)NCCCC(=O)O)c1ccc2c(c1)OCCO2. The lowest BCUT2D eigenvalue weighted by Crippen LogP contribution is -2.37. The summed E-state index contributed by atoms with van der Waals surface area (Å²) in [6.45, 7) is 3.25. The molecule has 120 valence electrons. The summed E-state index contributed by atoms with van der Waals surface area (Å²) in [5.41, 5.74) is 0.907. The van der Waals surface area contributed by atoms with Crippen LogP contribution in [-0.4, -0.2) is 36.9 Å². The van der Waals surface area contributed by atoms with Crippen LogP contribution in [0, 0.1) is 0 Å². The maximum atomic E-state index is 11.7. The smallest absolute Gasteiger partial charge is 0.315 e. The molecule has 0 spiro atoms. The molecule has 1 aliphatic heterocycles. The minimum absolute atomic E-state index is 0.0397. The highest BCUT2D eigenvalue weighted by molar-refractivity contribution is 5.74. The lowest BCUT2D eigenvalue weighted by molar-refractivity contribution is -0.137. The molecule has 1 atom stereocenters. The number of carboxylic acid groups (broad SMARTS) is 1. The van der Waals surface area contributed by atoms with Gasteiger partial charge in [0.2, 0.25) is 0 Å². The molecule has 1 unspecified atom stereocenters. The van der Waals surface area contributed by atoms with Gasteiger partial charge in [-0.2, -0.15) is 0 Å². The van der Waals surface area contributed by atoms with Crippen molar-refractivity contribution in [1.82, 2.24) is 10.6 Å². The molecule has 1 aliphatic rings. The Kier molecular flexibility index (Phi) is 5.46. The molecule has 7 nitrogen and oxygen atoms in total. The Morgan fingerprint density at radius 2 is 2.00 bits per heavy atom. The van der Waals surface area contributed by atoms with Crippen LogP contribution >= 0.6 is 0 Å². The van der Waals surface area contributed by atoms with Crippen molar-refractivity contribution in [3.8, 4) is 11.5 Å². The van der Waals surface area contributed by atoms with Crippen molar-refractivity contribution < 1.29 is 24.2 Å². The van der Waals surface area contributed by atoms with Crippen molar-refractivity contribution in [2.24, 2.45) is 0 Å². The van der Waals surface area contributed by atoms with Crippen LogP contribution in [0.15, 0.2) is 18.2 Å². The third-order valence-corrected chi connectivity index (χ3v) is 3.27. The molecule has 1 aromatic rings. The fourth-order valence-electron chi connectivity index (χ4n) is 2.10. The third-order valence-electron chi connectivity index (χ3n) is 3.27. The highest BCUT2D eigenvalue weighted by Gasteiger charge is 2.15. The molecular formula is C15H20N2O5. The molecular weight excluding hydrogens is 288 g/mol. The van der Waals surface area contributed by atoms with Crippen molar-refractivity contribution in [3.63, 3.8) is 0 Å². The van der Waals surface area contributed by atoms with E-state index in [0.29, 0.717) is 37.7 Å². The number of aliphatic carboxylic acids is 1. The predicted octanol–water partition coefficient (Wildman–Crippen LogP) is 1.68. The Balaban J connectivity index is 1.82. The average molecular weight is 308 g/mol. The van der Waals surface area contributed by atoms with Crippen LogP contribution in [0.3, 0.4) is 0 Å². The number of ether oxygens (including phenoxy) is 2. The van der Waals surface area contributed by atoms with Crippen LogP contribution in [0.5, 0.6) is 11.5 Å². The van der Waals surface area contributed by atoms with Crippen molar-refractivity contribution in [2.75, 3.05) is 19.8 Å². The molecule has 0 aromatic heterocycles. The number of rotatable bonds is 6. The Labute approximate surface area is 128 Å². The van der Waals surface area contributed by atoms with E-state index in [0.717, 1.165) is 5.56 Å². The quantitative estimate of drug-likeness (QED) is 0.695.